The van der Waals surface area contributed by atoms with Crippen molar-refractivity contribution in [1.29, 1.82) is 0 Å². The molecule has 2 aliphatic rings. The van der Waals surface area contributed by atoms with Gasteiger partial charge in [0.05, 0.1) is 0 Å². The van der Waals surface area contributed by atoms with Crippen molar-refractivity contribution in [3.63, 3.8) is 0 Å². The van der Waals surface area contributed by atoms with Crippen LogP contribution < -0.4 is 0 Å². The number of carbonyl (C=O) groups is 2. The third-order valence-corrected chi connectivity index (χ3v) is 2.89. The molecule has 0 radical (unpaired) electrons. The van der Waals surface area contributed by atoms with E-state index in [0.29, 0.717) is 25.4 Å². The third kappa shape index (κ3) is 0.983. The maximum Gasteiger partial charge on any atom is 0.407 e. The molecule has 2 atom stereocenters. The van der Waals surface area contributed by atoms with Crippen molar-refractivity contribution >= 4 is 11.9 Å². The van der Waals surface area contributed by atoms with Gasteiger partial charge in [-0.25, -0.2) is 4.79 Å². The molecule has 2 fully saturated rings. The predicted octanol–water partition coefficient (Wildman–Crippen LogP) is 0.575. The van der Waals surface area contributed by atoms with Gasteiger partial charge in [0, 0.05) is 25.4 Å². The van der Waals surface area contributed by atoms with Crippen LogP contribution in [0.3, 0.4) is 0 Å². The molecule has 0 bridgehead atoms. The standard InChI is InChI=1S/C8H11NO3/c10-7-2-1-5-3-9(8(11)12)4-6(5)7/h5-6H,1-4H2,(H,11,12). The molecule has 12 heavy (non-hydrogen) atoms. The van der Waals surface area contributed by atoms with Crippen molar-refractivity contribution in [3.05, 3.63) is 0 Å². The highest BCUT2D eigenvalue weighted by Gasteiger charge is 2.43. The van der Waals surface area contributed by atoms with Crippen LogP contribution in [0.4, 0.5) is 4.79 Å². The molecule has 1 aliphatic carbocycles. The van der Waals surface area contributed by atoms with E-state index in [0.717, 1.165) is 6.42 Å². The topological polar surface area (TPSA) is 57.6 Å². The van der Waals surface area contributed by atoms with Gasteiger partial charge in [-0.3, -0.25) is 4.79 Å². The molecule has 2 rings (SSSR count). The van der Waals surface area contributed by atoms with Gasteiger partial charge < -0.3 is 10.0 Å². The van der Waals surface area contributed by atoms with Crippen LogP contribution in [0.5, 0.6) is 0 Å². The normalized spacial score (nSPS) is 34.0. The summed E-state index contributed by atoms with van der Waals surface area (Å²) in [6.07, 6.45) is 0.646. The Hall–Kier alpha value is -1.06. The number of ketones is 1. The summed E-state index contributed by atoms with van der Waals surface area (Å²) in [5.74, 6) is 0.582. The van der Waals surface area contributed by atoms with E-state index in [1.54, 1.807) is 0 Å². The first-order chi connectivity index (χ1) is 5.68. The monoisotopic (exact) mass is 169 g/mol. The van der Waals surface area contributed by atoms with Gasteiger partial charge in [-0.05, 0) is 12.3 Å². The molecule has 0 spiro atoms. The van der Waals surface area contributed by atoms with E-state index < -0.39 is 6.09 Å². The van der Waals surface area contributed by atoms with Crippen LogP contribution in [-0.4, -0.2) is 35.0 Å². The molecule has 0 aromatic carbocycles. The molecular weight excluding hydrogens is 158 g/mol. The number of likely N-dealkylation sites (tertiary alicyclic amines) is 1. The highest BCUT2D eigenvalue weighted by atomic mass is 16.4. The smallest absolute Gasteiger partial charge is 0.407 e. The molecule has 4 nitrogen and oxygen atoms in total. The van der Waals surface area contributed by atoms with Crippen molar-refractivity contribution in [2.75, 3.05) is 13.1 Å². The number of Topliss-reactive ketones (excluding diaryl/α,β-unsaturated/α-hetero) is 1. The van der Waals surface area contributed by atoms with Gasteiger partial charge >= 0.3 is 6.09 Å². The van der Waals surface area contributed by atoms with E-state index in [2.05, 4.69) is 0 Å². The zero-order valence-corrected chi connectivity index (χ0v) is 6.69. The Labute approximate surface area is 70.2 Å². The van der Waals surface area contributed by atoms with E-state index in [1.807, 2.05) is 0 Å². The molecule has 1 N–H and O–H groups in total. The van der Waals surface area contributed by atoms with Crippen molar-refractivity contribution in [1.82, 2.24) is 4.90 Å². The zero-order valence-electron chi connectivity index (χ0n) is 6.69. The summed E-state index contributed by atoms with van der Waals surface area (Å²) >= 11 is 0. The molecule has 1 amide bonds. The van der Waals surface area contributed by atoms with E-state index >= 15 is 0 Å². The Morgan fingerprint density at radius 3 is 2.83 bits per heavy atom. The largest absolute Gasteiger partial charge is 0.465 e. The number of rotatable bonds is 0. The first-order valence-corrected chi connectivity index (χ1v) is 4.19. The molecule has 0 aromatic rings. The summed E-state index contributed by atoms with van der Waals surface area (Å²) in [7, 11) is 0. The first-order valence-electron chi connectivity index (χ1n) is 4.19. The van der Waals surface area contributed by atoms with Crippen molar-refractivity contribution in [2.45, 2.75) is 12.8 Å². The quantitative estimate of drug-likeness (QED) is 0.577. The molecular formula is C8H11NO3. The van der Waals surface area contributed by atoms with Crippen molar-refractivity contribution in [3.8, 4) is 0 Å². The second kappa shape index (κ2) is 2.47. The number of carbonyl (C=O) groups excluding carboxylic acids is 1. The van der Waals surface area contributed by atoms with Crippen LogP contribution in [-0.2, 0) is 4.79 Å². The predicted molar refractivity (Wildman–Crippen MR) is 40.8 cm³/mol. The molecule has 1 heterocycles. The van der Waals surface area contributed by atoms with Crippen LogP contribution in [0.15, 0.2) is 0 Å². The molecule has 1 aliphatic heterocycles. The Morgan fingerprint density at radius 2 is 2.25 bits per heavy atom. The molecule has 0 aromatic heterocycles. The highest BCUT2D eigenvalue weighted by Crippen LogP contribution is 2.35. The number of carboxylic acid groups (broad SMARTS) is 1. The number of fused-ring (bicyclic) bond motifs is 1. The van der Waals surface area contributed by atoms with E-state index in [-0.39, 0.29) is 11.7 Å². The van der Waals surface area contributed by atoms with Gasteiger partial charge in [-0.2, -0.15) is 0 Å². The van der Waals surface area contributed by atoms with Crippen LogP contribution in [0, 0.1) is 11.8 Å². The number of hydrogen-bond donors (Lipinski definition) is 1. The van der Waals surface area contributed by atoms with Gasteiger partial charge in [0.1, 0.15) is 5.78 Å². The molecule has 4 heteroatoms. The SMILES string of the molecule is O=C1CCC2CN(C(=O)O)CC12. The molecule has 1 saturated carbocycles. The fourth-order valence-electron chi connectivity index (χ4n) is 2.20. The summed E-state index contributed by atoms with van der Waals surface area (Å²) in [6.45, 7) is 0.991. The maximum atomic E-state index is 11.2. The maximum absolute atomic E-state index is 11.2. The average molecular weight is 169 g/mol. The minimum Gasteiger partial charge on any atom is -0.465 e. The summed E-state index contributed by atoms with van der Waals surface area (Å²) < 4.78 is 0. The number of hydrogen-bond acceptors (Lipinski definition) is 2. The Bertz CT molecular complexity index is 238. The fraction of sp³-hybridized carbons (Fsp3) is 0.750. The van der Waals surface area contributed by atoms with Crippen LogP contribution >= 0.6 is 0 Å². The lowest BCUT2D eigenvalue weighted by Gasteiger charge is -2.11. The lowest BCUT2D eigenvalue weighted by molar-refractivity contribution is -0.120. The van der Waals surface area contributed by atoms with Gasteiger partial charge in [0.2, 0.25) is 0 Å². The lowest BCUT2D eigenvalue weighted by atomic mass is 10.0. The summed E-state index contributed by atoms with van der Waals surface area (Å²) in [4.78, 5) is 23.1. The summed E-state index contributed by atoms with van der Waals surface area (Å²) in [5.41, 5.74) is 0. The number of amides is 1. The van der Waals surface area contributed by atoms with Crippen LogP contribution in [0.2, 0.25) is 0 Å². The van der Waals surface area contributed by atoms with E-state index in [1.165, 1.54) is 4.90 Å². The Morgan fingerprint density at radius 1 is 1.50 bits per heavy atom. The van der Waals surface area contributed by atoms with Crippen molar-refractivity contribution in [2.24, 2.45) is 11.8 Å². The molecule has 66 valence electrons. The summed E-state index contributed by atoms with van der Waals surface area (Å²) in [6, 6.07) is 0. The Kier molecular flexibility index (Phi) is 1.56. The molecule has 1 saturated heterocycles. The van der Waals surface area contributed by atoms with Crippen LogP contribution in [0.25, 0.3) is 0 Å². The fourth-order valence-corrected chi connectivity index (χ4v) is 2.20. The van der Waals surface area contributed by atoms with Gasteiger partial charge in [0.15, 0.2) is 0 Å². The van der Waals surface area contributed by atoms with Crippen molar-refractivity contribution < 1.29 is 14.7 Å². The lowest BCUT2D eigenvalue weighted by Crippen LogP contribution is -2.28. The molecule has 2 unspecified atom stereocenters. The number of nitrogens with zero attached hydrogens (tertiary/aromatic N) is 1. The highest BCUT2D eigenvalue weighted by molar-refractivity contribution is 5.85. The first kappa shape index (κ1) is 7.58. The minimum absolute atomic E-state index is 0.0149. The average Bonchev–Trinajstić information content (AvgIpc) is 2.53. The van der Waals surface area contributed by atoms with E-state index in [4.69, 9.17) is 5.11 Å². The summed E-state index contributed by atoms with van der Waals surface area (Å²) in [5, 5.41) is 8.67. The van der Waals surface area contributed by atoms with Crippen LogP contribution in [0.1, 0.15) is 12.8 Å². The van der Waals surface area contributed by atoms with Gasteiger partial charge in [-0.15, -0.1) is 0 Å². The van der Waals surface area contributed by atoms with E-state index in [9.17, 15) is 9.59 Å². The third-order valence-electron chi connectivity index (χ3n) is 2.89. The van der Waals surface area contributed by atoms with Gasteiger partial charge in [0.25, 0.3) is 0 Å². The zero-order chi connectivity index (χ0) is 8.72. The minimum atomic E-state index is -0.891. The van der Waals surface area contributed by atoms with Gasteiger partial charge in [-0.1, -0.05) is 0 Å². The Balaban J connectivity index is 2.07. The second-order valence-electron chi connectivity index (χ2n) is 3.56. The second-order valence-corrected chi connectivity index (χ2v) is 3.56.